The maximum absolute atomic E-state index is 12.9. The largest absolute Gasteiger partial charge is 0.497 e. The van der Waals surface area contributed by atoms with Crippen LogP contribution < -0.4 is 14.2 Å². The van der Waals surface area contributed by atoms with E-state index in [4.69, 9.17) is 18.7 Å². The third-order valence-electron chi connectivity index (χ3n) is 5.18. The minimum absolute atomic E-state index is 0.0590. The van der Waals surface area contributed by atoms with E-state index in [2.05, 4.69) is 5.16 Å². The predicted octanol–water partition coefficient (Wildman–Crippen LogP) is 5.37. The molecule has 4 rings (SSSR count). The molecule has 0 aliphatic heterocycles. The Morgan fingerprint density at radius 1 is 0.939 bits per heavy atom. The Kier molecular flexibility index (Phi) is 6.65. The van der Waals surface area contributed by atoms with Crippen LogP contribution in [0.4, 0.5) is 0 Å². The normalized spacial score (nSPS) is 10.7. The molecule has 0 bridgehead atoms. The smallest absolute Gasteiger partial charge is 0.263 e. The zero-order valence-electron chi connectivity index (χ0n) is 18.8. The van der Waals surface area contributed by atoms with Crippen molar-refractivity contribution in [3.63, 3.8) is 0 Å². The first-order chi connectivity index (χ1) is 16.0. The average molecular weight is 465 g/mol. The number of ether oxygens (including phenoxy) is 3. The fourth-order valence-corrected chi connectivity index (χ4v) is 4.33. The van der Waals surface area contributed by atoms with Crippen LogP contribution in [-0.2, 0) is 6.54 Å². The molecule has 0 saturated heterocycles. The lowest BCUT2D eigenvalue weighted by atomic mass is 10.1. The van der Waals surface area contributed by atoms with Gasteiger partial charge in [0.1, 0.15) is 22.9 Å². The average Bonchev–Trinajstić information content (AvgIpc) is 3.53. The van der Waals surface area contributed by atoms with Crippen LogP contribution in [0, 0.1) is 0 Å². The SMILES string of the molecule is COc1ccc(CN(C)C(=O)c2ccc(-c3cc(-c4cc(OC)ccc4OC)no3)s2)cc1. The van der Waals surface area contributed by atoms with Gasteiger partial charge in [-0.25, -0.2) is 0 Å². The second kappa shape index (κ2) is 9.79. The standard InChI is InChI=1S/C25H24N2O5S/c1-27(15-16-5-7-17(29-2)8-6-16)25(28)24-12-11-23(33-24)22-14-20(26-32-22)19-13-18(30-3)9-10-21(19)31-4/h5-14H,15H2,1-4H3. The van der Waals surface area contributed by atoms with Gasteiger partial charge < -0.3 is 23.6 Å². The van der Waals surface area contributed by atoms with Gasteiger partial charge in [-0.05, 0) is 48.0 Å². The van der Waals surface area contributed by atoms with Gasteiger partial charge in [0.15, 0.2) is 5.76 Å². The molecular formula is C25H24N2O5S. The molecule has 0 fully saturated rings. The van der Waals surface area contributed by atoms with Gasteiger partial charge in [-0.3, -0.25) is 4.79 Å². The van der Waals surface area contributed by atoms with Crippen molar-refractivity contribution in [3.8, 4) is 39.1 Å². The van der Waals surface area contributed by atoms with E-state index in [1.54, 1.807) is 39.3 Å². The Morgan fingerprint density at radius 3 is 2.36 bits per heavy atom. The number of nitrogens with zero attached hydrogens (tertiary/aromatic N) is 2. The summed E-state index contributed by atoms with van der Waals surface area (Å²) < 4.78 is 21.5. The highest BCUT2D eigenvalue weighted by Gasteiger charge is 2.19. The number of hydrogen-bond acceptors (Lipinski definition) is 7. The molecule has 0 aliphatic carbocycles. The summed E-state index contributed by atoms with van der Waals surface area (Å²) in [4.78, 5) is 16.1. The number of thiophene rings is 1. The molecule has 1 amide bonds. The molecule has 0 N–H and O–H groups in total. The highest BCUT2D eigenvalue weighted by atomic mass is 32.1. The van der Waals surface area contributed by atoms with Crippen LogP contribution in [0.25, 0.3) is 21.9 Å². The number of aromatic nitrogens is 1. The summed E-state index contributed by atoms with van der Waals surface area (Å²) in [6.07, 6.45) is 0. The van der Waals surface area contributed by atoms with E-state index in [9.17, 15) is 4.79 Å². The summed E-state index contributed by atoms with van der Waals surface area (Å²) >= 11 is 1.36. The molecule has 0 saturated carbocycles. The van der Waals surface area contributed by atoms with Crippen LogP contribution in [0.1, 0.15) is 15.2 Å². The first-order valence-corrected chi connectivity index (χ1v) is 11.0. The molecular weight excluding hydrogens is 440 g/mol. The Labute approximate surface area is 196 Å². The van der Waals surface area contributed by atoms with E-state index in [1.807, 2.05) is 54.6 Å². The third kappa shape index (κ3) is 4.85. The molecule has 2 aromatic carbocycles. The van der Waals surface area contributed by atoms with Crippen molar-refractivity contribution in [1.29, 1.82) is 0 Å². The van der Waals surface area contributed by atoms with E-state index in [-0.39, 0.29) is 5.91 Å². The van der Waals surface area contributed by atoms with Gasteiger partial charge in [0.05, 0.1) is 31.1 Å². The van der Waals surface area contributed by atoms with Crippen molar-refractivity contribution in [2.45, 2.75) is 6.54 Å². The van der Waals surface area contributed by atoms with E-state index >= 15 is 0 Å². The number of carbonyl (C=O) groups is 1. The molecule has 0 spiro atoms. The number of hydrogen-bond donors (Lipinski definition) is 0. The highest BCUT2D eigenvalue weighted by Crippen LogP contribution is 2.36. The van der Waals surface area contributed by atoms with Crippen molar-refractivity contribution >= 4 is 17.2 Å². The summed E-state index contributed by atoms with van der Waals surface area (Å²) in [5.41, 5.74) is 2.41. The summed E-state index contributed by atoms with van der Waals surface area (Å²) in [5.74, 6) is 2.67. The molecule has 4 aromatic rings. The van der Waals surface area contributed by atoms with Crippen molar-refractivity contribution < 1.29 is 23.5 Å². The van der Waals surface area contributed by atoms with Crippen LogP contribution in [-0.4, -0.2) is 44.3 Å². The minimum Gasteiger partial charge on any atom is -0.497 e. The van der Waals surface area contributed by atoms with Gasteiger partial charge in [0.25, 0.3) is 5.91 Å². The lowest BCUT2D eigenvalue weighted by molar-refractivity contribution is 0.0790. The quantitative estimate of drug-likeness (QED) is 0.349. The van der Waals surface area contributed by atoms with Crippen molar-refractivity contribution in [1.82, 2.24) is 10.1 Å². The van der Waals surface area contributed by atoms with E-state index in [1.165, 1.54) is 11.3 Å². The zero-order valence-corrected chi connectivity index (χ0v) is 19.6. The second-order valence-electron chi connectivity index (χ2n) is 7.32. The van der Waals surface area contributed by atoms with Gasteiger partial charge in [-0.2, -0.15) is 0 Å². The van der Waals surface area contributed by atoms with Crippen LogP contribution >= 0.6 is 11.3 Å². The fourth-order valence-electron chi connectivity index (χ4n) is 3.38. The van der Waals surface area contributed by atoms with Gasteiger partial charge >= 0.3 is 0 Å². The summed E-state index contributed by atoms with van der Waals surface area (Å²) in [6, 6.07) is 18.7. The van der Waals surface area contributed by atoms with Crippen LogP contribution in [0.2, 0.25) is 0 Å². The maximum Gasteiger partial charge on any atom is 0.263 e. The molecule has 0 atom stereocenters. The summed E-state index contributed by atoms with van der Waals surface area (Å²) in [6.45, 7) is 0.498. The first-order valence-electron chi connectivity index (χ1n) is 10.2. The lowest BCUT2D eigenvalue weighted by Gasteiger charge is -2.16. The molecule has 2 heterocycles. The monoisotopic (exact) mass is 464 g/mol. The first kappa shape index (κ1) is 22.4. The topological polar surface area (TPSA) is 74.0 Å². The Morgan fingerprint density at radius 2 is 1.67 bits per heavy atom. The highest BCUT2D eigenvalue weighted by molar-refractivity contribution is 7.17. The van der Waals surface area contributed by atoms with Crippen molar-refractivity contribution in [2.24, 2.45) is 0 Å². The molecule has 0 aliphatic rings. The number of amides is 1. The Hall–Kier alpha value is -3.78. The molecule has 170 valence electrons. The molecule has 0 unspecified atom stereocenters. The molecule has 33 heavy (non-hydrogen) atoms. The summed E-state index contributed by atoms with van der Waals surface area (Å²) in [5, 5.41) is 4.20. The summed E-state index contributed by atoms with van der Waals surface area (Å²) in [7, 11) is 6.62. The minimum atomic E-state index is -0.0590. The molecule has 2 aromatic heterocycles. The number of methoxy groups -OCH3 is 3. The lowest BCUT2D eigenvalue weighted by Crippen LogP contribution is -2.25. The van der Waals surface area contributed by atoms with E-state index in [0.717, 1.165) is 21.8 Å². The van der Waals surface area contributed by atoms with E-state index < -0.39 is 0 Å². The number of benzene rings is 2. The van der Waals surface area contributed by atoms with E-state index in [0.29, 0.717) is 34.4 Å². The van der Waals surface area contributed by atoms with Crippen LogP contribution in [0.15, 0.2) is 65.2 Å². The number of rotatable bonds is 8. The van der Waals surface area contributed by atoms with Crippen LogP contribution in [0.5, 0.6) is 17.2 Å². The van der Waals surface area contributed by atoms with Gasteiger partial charge in [-0.1, -0.05) is 17.3 Å². The van der Waals surface area contributed by atoms with Gasteiger partial charge in [0.2, 0.25) is 0 Å². The molecule has 8 heteroatoms. The Balaban J connectivity index is 1.50. The third-order valence-corrected chi connectivity index (χ3v) is 6.27. The van der Waals surface area contributed by atoms with Gasteiger partial charge in [0, 0.05) is 25.2 Å². The zero-order chi connectivity index (χ0) is 23.4. The van der Waals surface area contributed by atoms with Crippen molar-refractivity contribution in [3.05, 3.63) is 71.1 Å². The predicted molar refractivity (Wildman–Crippen MR) is 127 cm³/mol. The molecule has 7 nitrogen and oxygen atoms in total. The Bertz CT molecular complexity index is 1250. The van der Waals surface area contributed by atoms with Crippen molar-refractivity contribution in [2.75, 3.05) is 28.4 Å². The molecule has 0 radical (unpaired) electrons. The maximum atomic E-state index is 12.9. The number of carbonyl (C=O) groups excluding carboxylic acids is 1. The van der Waals surface area contributed by atoms with Gasteiger partial charge in [-0.15, -0.1) is 11.3 Å². The fraction of sp³-hybridized carbons (Fsp3) is 0.200. The van der Waals surface area contributed by atoms with Crippen LogP contribution in [0.3, 0.4) is 0 Å². The second-order valence-corrected chi connectivity index (χ2v) is 8.40.